The van der Waals surface area contributed by atoms with Crippen LogP contribution in [0.25, 0.3) is 0 Å². The number of pyridine rings is 1. The Morgan fingerprint density at radius 2 is 1.71 bits per heavy atom. The van der Waals surface area contributed by atoms with E-state index >= 15 is 0 Å². The van der Waals surface area contributed by atoms with Crippen molar-refractivity contribution in [2.24, 2.45) is 5.92 Å². The van der Waals surface area contributed by atoms with Gasteiger partial charge in [0.2, 0.25) is 5.91 Å². The third-order valence-corrected chi connectivity index (χ3v) is 8.36. The van der Waals surface area contributed by atoms with E-state index in [1.54, 1.807) is 0 Å². The van der Waals surface area contributed by atoms with Gasteiger partial charge in [0.25, 0.3) is 0 Å². The number of piperidine rings is 1. The van der Waals surface area contributed by atoms with Gasteiger partial charge in [0, 0.05) is 51.6 Å². The number of nitrogens with zero attached hydrogens (tertiary/aromatic N) is 2. The number of carbonyl (C=O) groups excluding carboxylic acids is 2. The van der Waals surface area contributed by atoms with Gasteiger partial charge in [-0.1, -0.05) is 34.0 Å². The van der Waals surface area contributed by atoms with Gasteiger partial charge in [-0.3, -0.25) is 9.78 Å². The number of carbonyl (C=O) groups is 2. The summed E-state index contributed by atoms with van der Waals surface area (Å²) < 4.78 is 2.03. The van der Waals surface area contributed by atoms with E-state index in [0.717, 1.165) is 71.3 Å². The van der Waals surface area contributed by atoms with Crippen LogP contribution in [0, 0.1) is 5.92 Å². The molecule has 182 valence electrons. The van der Waals surface area contributed by atoms with Crippen LogP contribution >= 0.6 is 43.5 Å². The van der Waals surface area contributed by atoms with Crippen LogP contribution in [0.3, 0.4) is 0 Å². The molecule has 1 aromatic carbocycles. The molecule has 2 heterocycles. The number of unbranched alkanes of at least 4 members (excludes halogenated alkanes) is 2. The van der Waals surface area contributed by atoms with Crippen molar-refractivity contribution in [3.8, 4) is 0 Å². The predicted molar refractivity (Wildman–Crippen MR) is 138 cm³/mol. The van der Waals surface area contributed by atoms with E-state index in [-0.39, 0.29) is 47.8 Å². The third kappa shape index (κ3) is 7.32. The van der Waals surface area contributed by atoms with Gasteiger partial charge in [-0.15, -0.1) is 0 Å². The maximum absolute atomic E-state index is 12.7. The fraction of sp³-hybridized carbons (Fsp3) is 0.500. The molecule has 1 amide bonds. The number of aromatic nitrogens is 1. The van der Waals surface area contributed by atoms with E-state index in [1.165, 1.54) is 16.7 Å². The Morgan fingerprint density at radius 1 is 1.03 bits per heavy atom. The predicted octanol–water partition coefficient (Wildman–Crippen LogP) is 2.43. The number of carboxylic acids is 1. The number of aryl methyl sites for hydroxylation is 2. The smallest absolute Gasteiger partial charge is 0.550 e. The van der Waals surface area contributed by atoms with Gasteiger partial charge in [0.05, 0.1) is 5.69 Å². The number of fused-ring (bicyclic) bond motifs is 2. The Morgan fingerprint density at radius 3 is 2.43 bits per heavy atom. The second-order valence-electron chi connectivity index (χ2n) is 9.29. The Labute approximate surface area is 250 Å². The molecule has 1 aliphatic heterocycles. The molecule has 1 atom stereocenters. The topological polar surface area (TPSA) is 73.3 Å². The second-order valence-corrected chi connectivity index (χ2v) is 11.5. The van der Waals surface area contributed by atoms with Crippen molar-refractivity contribution in [1.29, 1.82) is 0 Å². The Bertz CT molecular complexity index is 1080. The monoisotopic (exact) mass is 632 g/mol. The number of hydrogen-bond donors (Lipinski definition) is 0. The molecule has 2 aliphatic rings. The van der Waals surface area contributed by atoms with Gasteiger partial charge in [0.1, 0.15) is 0 Å². The molecule has 5 nitrogen and oxygen atoms in total. The molecule has 0 radical (unpaired) electrons. The summed E-state index contributed by atoms with van der Waals surface area (Å²) in [6.07, 6.45) is 8.16. The van der Waals surface area contributed by atoms with Crippen LogP contribution in [0.2, 0.25) is 5.02 Å². The number of amides is 1. The molecular formula is C26H28Br2ClN2NaO3. The Hall–Kier alpha value is -0.440. The minimum Gasteiger partial charge on any atom is -0.550 e. The van der Waals surface area contributed by atoms with Gasteiger partial charge in [0.15, 0.2) is 0 Å². The van der Waals surface area contributed by atoms with Crippen LogP contribution in [0.5, 0.6) is 0 Å². The quantitative estimate of drug-likeness (QED) is 0.347. The molecule has 1 saturated heterocycles. The zero-order chi connectivity index (χ0) is 24.2. The third-order valence-electron chi connectivity index (χ3n) is 7.05. The van der Waals surface area contributed by atoms with E-state index in [1.807, 2.05) is 17.2 Å². The van der Waals surface area contributed by atoms with E-state index in [2.05, 4.69) is 44.0 Å². The molecular weight excluding hydrogens is 607 g/mol. The molecule has 0 bridgehead atoms. The molecule has 35 heavy (non-hydrogen) atoms. The zero-order valence-corrected chi connectivity index (χ0v) is 25.9. The summed E-state index contributed by atoms with van der Waals surface area (Å²) in [6.45, 7) is 1.48. The average molecular weight is 635 g/mol. The molecule has 0 N–H and O–H groups in total. The summed E-state index contributed by atoms with van der Waals surface area (Å²) in [6, 6.07) is 6.26. The molecule has 0 spiro atoms. The fourth-order valence-corrected chi connectivity index (χ4v) is 6.89. The molecule has 1 unspecified atom stereocenters. The van der Waals surface area contributed by atoms with Crippen molar-refractivity contribution in [3.63, 3.8) is 0 Å². The summed E-state index contributed by atoms with van der Waals surface area (Å²) in [7, 11) is 0. The summed E-state index contributed by atoms with van der Waals surface area (Å²) in [4.78, 5) is 30.1. The molecule has 1 aliphatic carbocycles. The van der Waals surface area contributed by atoms with Gasteiger partial charge in [-0.05, 0) is 102 Å². The number of carboxylic acid groups (broad SMARTS) is 1. The summed E-state index contributed by atoms with van der Waals surface area (Å²) in [5.74, 6) is -0.308. The minimum atomic E-state index is -1.02. The molecule has 2 aromatic rings. The number of benzene rings is 1. The average Bonchev–Trinajstić information content (AvgIpc) is 2.95. The largest absolute Gasteiger partial charge is 1.00 e. The number of likely N-dealkylation sites (tertiary alicyclic amines) is 1. The van der Waals surface area contributed by atoms with Gasteiger partial charge < -0.3 is 14.8 Å². The first-order valence-electron chi connectivity index (χ1n) is 11.9. The van der Waals surface area contributed by atoms with Crippen LogP contribution in [0.15, 0.2) is 33.3 Å². The molecule has 4 rings (SSSR count). The second kappa shape index (κ2) is 13.4. The van der Waals surface area contributed by atoms with Gasteiger partial charge >= 0.3 is 29.6 Å². The van der Waals surface area contributed by atoms with E-state index in [4.69, 9.17) is 16.6 Å². The molecule has 0 saturated carbocycles. The molecule has 1 fully saturated rings. The van der Waals surface area contributed by atoms with Crippen molar-refractivity contribution in [2.45, 2.75) is 63.7 Å². The summed E-state index contributed by atoms with van der Waals surface area (Å²) in [5, 5.41) is 11.3. The van der Waals surface area contributed by atoms with Crippen LogP contribution in [0.1, 0.15) is 73.2 Å². The first-order valence-corrected chi connectivity index (χ1v) is 13.9. The number of aliphatic carboxylic acids is 1. The minimum absolute atomic E-state index is 0. The maximum Gasteiger partial charge on any atom is 1.00 e. The number of hydrogen-bond acceptors (Lipinski definition) is 4. The van der Waals surface area contributed by atoms with Crippen LogP contribution in [0.4, 0.5) is 0 Å². The normalized spacial score (nSPS) is 17.7. The van der Waals surface area contributed by atoms with Crippen LogP contribution in [-0.4, -0.2) is 34.8 Å². The van der Waals surface area contributed by atoms with Crippen LogP contribution < -0.4 is 34.7 Å². The standard InChI is InChI=1S/C26H29Br2ClN2O3.Na/c27-19-12-18-7-6-17-13-20(29)14-21(28)24(17)25(26(18)30-15-19)16-8-10-31(11-9-16)22(32)4-2-1-3-5-23(33)34;/h12-16,25H,1-11H2,(H,33,34);/q;+1/p-1. The number of rotatable bonds is 7. The fourth-order valence-electron chi connectivity index (χ4n) is 5.39. The molecule has 9 heteroatoms. The van der Waals surface area contributed by atoms with Crippen molar-refractivity contribution in [3.05, 3.63) is 60.7 Å². The Balaban J connectivity index is 0.00000342. The van der Waals surface area contributed by atoms with E-state index in [9.17, 15) is 14.7 Å². The van der Waals surface area contributed by atoms with Gasteiger partial charge in [-0.25, -0.2) is 0 Å². The zero-order valence-electron chi connectivity index (χ0n) is 20.0. The summed E-state index contributed by atoms with van der Waals surface area (Å²) in [5.41, 5.74) is 4.97. The molecule has 1 aromatic heterocycles. The van der Waals surface area contributed by atoms with Crippen LogP contribution in [-0.2, 0) is 22.4 Å². The van der Waals surface area contributed by atoms with Crippen molar-refractivity contribution in [1.82, 2.24) is 9.88 Å². The maximum atomic E-state index is 12.7. The van der Waals surface area contributed by atoms with Crippen molar-refractivity contribution < 1.29 is 44.3 Å². The van der Waals surface area contributed by atoms with E-state index in [0.29, 0.717) is 18.8 Å². The Kier molecular flexibility index (Phi) is 11.1. The first kappa shape index (κ1) is 29.1. The van der Waals surface area contributed by atoms with Gasteiger partial charge in [-0.2, -0.15) is 0 Å². The van der Waals surface area contributed by atoms with Crippen molar-refractivity contribution >= 4 is 55.3 Å². The summed E-state index contributed by atoms with van der Waals surface area (Å²) >= 11 is 13.8. The first-order chi connectivity index (χ1) is 16.3. The van der Waals surface area contributed by atoms with E-state index < -0.39 is 5.97 Å². The SMILES string of the molecule is O=C([O-])CCCCCC(=O)N1CCC(C2c3ncc(Br)cc3CCc3cc(Cl)cc(Br)c32)CC1.[Na+]. The van der Waals surface area contributed by atoms with Crippen molar-refractivity contribution in [2.75, 3.05) is 13.1 Å². The number of halogens is 3.